The zero-order chi connectivity index (χ0) is 11.0. The molecule has 0 fully saturated rings. The summed E-state index contributed by atoms with van der Waals surface area (Å²) in [5, 5.41) is 3.25. The summed E-state index contributed by atoms with van der Waals surface area (Å²) in [6.45, 7) is 4.64. The zero-order valence-corrected chi connectivity index (χ0v) is 9.37. The van der Waals surface area contributed by atoms with Crippen molar-refractivity contribution in [2.24, 2.45) is 0 Å². The number of carbonyl (C=O) groups excluding carboxylic acids is 1. The van der Waals surface area contributed by atoms with E-state index in [1.807, 2.05) is 14.0 Å². The molecule has 0 saturated carbocycles. The molecule has 1 aliphatic heterocycles. The van der Waals surface area contributed by atoms with Gasteiger partial charge in [-0.25, -0.2) is 0 Å². The van der Waals surface area contributed by atoms with Crippen LogP contribution in [0, 0.1) is 6.92 Å². The van der Waals surface area contributed by atoms with Gasteiger partial charge < -0.3 is 10.2 Å². The second-order valence-corrected chi connectivity index (χ2v) is 4.22. The summed E-state index contributed by atoms with van der Waals surface area (Å²) in [6.07, 6.45) is 0. The van der Waals surface area contributed by atoms with E-state index in [2.05, 4.69) is 30.4 Å². The monoisotopic (exact) mass is 204 g/mol. The molecule has 1 aromatic rings. The second kappa shape index (κ2) is 3.57. The van der Waals surface area contributed by atoms with E-state index in [-0.39, 0.29) is 11.9 Å². The third kappa shape index (κ3) is 1.82. The van der Waals surface area contributed by atoms with Crippen LogP contribution in [-0.4, -0.2) is 23.9 Å². The van der Waals surface area contributed by atoms with E-state index < -0.39 is 0 Å². The summed E-state index contributed by atoms with van der Waals surface area (Å²) in [5.41, 5.74) is 3.48. The van der Waals surface area contributed by atoms with Gasteiger partial charge in [-0.05, 0) is 31.0 Å². The highest BCUT2D eigenvalue weighted by molar-refractivity contribution is 5.85. The van der Waals surface area contributed by atoms with Crippen LogP contribution in [0.4, 0.5) is 5.69 Å². The van der Waals surface area contributed by atoms with Crippen molar-refractivity contribution in [3.63, 3.8) is 0 Å². The molecule has 80 valence electrons. The topological polar surface area (TPSA) is 32.3 Å². The van der Waals surface area contributed by atoms with Gasteiger partial charge in [0.1, 0.15) is 6.04 Å². The number of hydrogen-bond donors (Lipinski definition) is 1. The van der Waals surface area contributed by atoms with Crippen molar-refractivity contribution in [3.05, 3.63) is 29.3 Å². The molecule has 15 heavy (non-hydrogen) atoms. The molecule has 1 N–H and O–H groups in total. The predicted octanol–water partition coefficient (Wildman–Crippen LogP) is 1.77. The maximum atomic E-state index is 11.8. The molecule has 0 saturated heterocycles. The van der Waals surface area contributed by atoms with Gasteiger partial charge in [0.25, 0.3) is 0 Å². The third-order valence-electron chi connectivity index (χ3n) is 2.79. The Bertz CT molecular complexity index is 401. The summed E-state index contributed by atoms with van der Waals surface area (Å²) < 4.78 is 0. The van der Waals surface area contributed by atoms with Crippen LogP contribution in [0.2, 0.25) is 0 Å². The lowest BCUT2D eigenvalue weighted by Gasteiger charge is -2.16. The molecule has 0 aliphatic carbocycles. The van der Waals surface area contributed by atoms with Gasteiger partial charge in [0, 0.05) is 19.3 Å². The molecule has 1 aromatic carbocycles. The van der Waals surface area contributed by atoms with Gasteiger partial charge in [0.05, 0.1) is 0 Å². The van der Waals surface area contributed by atoms with Crippen LogP contribution in [-0.2, 0) is 11.3 Å². The van der Waals surface area contributed by atoms with Gasteiger partial charge in [0.2, 0.25) is 5.91 Å². The van der Waals surface area contributed by atoms with Gasteiger partial charge in [-0.2, -0.15) is 0 Å². The van der Waals surface area contributed by atoms with Crippen LogP contribution in [0.15, 0.2) is 18.2 Å². The first-order valence-corrected chi connectivity index (χ1v) is 5.19. The number of carbonyl (C=O) groups is 1. The maximum absolute atomic E-state index is 11.8. The van der Waals surface area contributed by atoms with Crippen molar-refractivity contribution in [2.45, 2.75) is 26.4 Å². The fourth-order valence-corrected chi connectivity index (χ4v) is 1.92. The standard InChI is InChI=1S/C12H16N2O/c1-8-4-5-10-7-14(3)12(15)9(2)13-11(10)6-8/h4-6,9,13H,7H2,1-3H3. The van der Waals surface area contributed by atoms with Crippen LogP contribution in [0.3, 0.4) is 0 Å². The maximum Gasteiger partial charge on any atom is 0.244 e. The predicted molar refractivity (Wildman–Crippen MR) is 60.7 cm³/mol. The molecule has 3 heteroatoms. The Morgan fingerprint density at radius 1 is 1.47 bits per heavy atom. The van der Waals surface area contributed by atoms with E-state index >= 15 is 0 Å². The van der Waals surface area contributed by atoms with Gasteiger partial charge in [-0.15, -0.1) is 0 Å². The number of benzene rings is 1. The van der Waals surface area contributed by atoms with Crippen molar-refractivity contribution in [2.75, 3.05) is 12.4 Å². The Hall–Kier alpha value is -1.51. The molecule has 3 nitrogen and oxygen atoms in total. The third-order valence-corrected chi connectivity index (χ3v) is 2.79. The van der Waals surface area contributed by atoms with Gasteiger partial charge in [-0.1, -0.05) is 12.1 Å². The first-order valence-electron chi connectivity index (χ1n) is 5.19. The van der Waals surface area contributed by atoms with Crippen molar-refractivity contribution in [1.82, 2.24) is 4.90 Å². The highest BCUT2D eigenvalue weighted by Gasteiger charge is 2.22. The largest absolute Gasteiger partial charge is 0.374 e. The summed E-state index contributed by atoms with van der Waals surface area (Å²) in [7, 11) is 1.84. The summed E-state index contributed by atoms with van der Waals surface area (Å²) in [4.78, 5) is 13.5. The van der Waals surface area contributed by atoms with E-state index in [1.165, 1.54) is 11.1 Å². The van der Waals surface area contributed by atoms with Gasteiger partial charge in [-0.3, -0.25) is 4.79 Å². The van der Waals surface area contributed by atoms with Crippen LogP contribution < -0.4 is 5.32 Å². The Balaban J connectivity index is 2.42. The average molecular weight is 204 g/mol. The molecular weight excluding hydrogens is 188 g/mol. The molecule has 0 bridgehead atoms. The number of nitrogens with zero attached hydrogens (tertiary/aromatic N) is 1. The molecule has 1 aliphatic rings. The number of fused-ring (bicyclic) bond motifs is 1. The average Bonchev–Trinajstić information content (AvgIpc) is 2.29. The Kier molecular flexibility index (Phi) is 2.39. The lowest BCUT2D eigenvalue weighted by molar-refractivity contribution is -0.130. The number of amides is 1. The quantitative estimate of drug-likeness (QED) is 0.698. The minimum Gasteiger partial charge on any atom is -0.374 e. The first kappa shape index (κ1) is 10.0. The van der Waals surface area contributed by atoms with Gasteiger partial charge >= 0.3 is 0 Å². The minimum atomic E-state index is -0.141. The lowest BCUT2D eigenvalue weighted by Crippen LogP contribution is -2.35. The van der Waals surface area contributed by atoms with Crippen LogP contribution in [0.5, 0.6) is 0 Å². The lowest BCUT2D eigenvalue weighted by atomic mass is 10.1. The van der Waals surface area contributed by atoms with Gasteiger partial charge in [0.15, 0.2) is 0 Å². The van der Waals surface area contributed by atoms with Crippen molar-refractivity contribution in [3.8, 4) is 0 Å². The molecule has 0 radical (unpaired) electrons. The van der Waals surface area contributed by atoms with Crippen molar-refractivity contribution >= 4 is 11.6 Å². The van der Waals surface area contributed by atoms with Crippen LogP contribution in [0.1, 0.15) is 18.1 Å². The summed E-state index contributed by atoms with van der Waals surface area (Å²) in [5.74, 6) is 0.142. The fourth-order valence-electron chi connectivity index (χ4n) is 1.92. The number of rotatable bonds is 0. The van der Waals surface area contributed by atoms with E-state index in [0.717, 1.165) is 5.69 Å². The molecule has 2 rings (SSSR count). The summed E-state index contributed by atoms with van der Waals surface area (Å²) >= 11 is 0. The molecule has 1 atom stereocenters. The molecule has 0 aromatic heterocycles. The molecule has 1 heterocycles. The molecule has 0 spiro atoms. The number of likely N-dealkylation sites (N-methyl/N-ethyl adjacent to an activating group) is 1. The first-order chi connectivity index (χ1) is 7.08. The molecular formula is C12H16N2O. The molecule has 1 amide bonds. The number of hydrogen-bond acceptors (Lipinski definition) is 2. The number of nitrogens with one attached hydrogen (secondary N) is 1. The SMILES string of the molecule is Cc1ccc2c(c1)NC(C)C(=O)N(C)C2. The van der Waals surface area contributed by atoms with Crippen molar-refractivity contribution < 1.29 is 4.79 Å². The fraction of sp³-hybridized carbons (Fsp3) is 0.417. The van der Waals surface area contributed by atoms with E-state index in [1.54, 1.807) is 4.90 Å². The minimum absolute atomic E-state index is 0.141. The Morgan fingerprint density at radius 2 is 2.20 bits per heavy atom. The van der Waals surface area contributed by atoms with Crippen LogP contribution in [0.25, 0.3) is 0 Å². The van der Waals surface area contributed by atoms with E-state index in [4.69, 9.17) is 0 Å². The zero-order valence-electron chi connectivity index (χ0n) is 9.37. The Labute approximate surface area is 90.1 Å². The highest BCUT2D eigenvalue weighted by atomic mass is 16.2. The smallest absolute Gasteiger partial charge is 0.244 e. The van der Waals surface area contributed by atoms with E-state index in [9.17, 15) is 4.79 Å². The normalized spacial score (nSPS) is 20.6. The Morgan fingerprint density at radius 3 is 2.93 bits per heavy atom. The molecule has 1 unspecified atom stereocenters. The second-order valence-electron chi connectivity index (χ2n) is 4.22. The van der Waals surface area contributed by atoms with Crippen LogP contribution >= 0.6 is 0 Å². The summed E-state index contributed by atoms with van der Waals surface area (Å²) in [6, 6.07) is 6.12. The van der Waals surface area contributed by atoms with E-state index in [0.29, 0.717) is 6.54 Å². The number of aryl methyl sites for hydroxylation is 1. The highest BCUT2D eigenvalue weighted by Crippen LogP contribution is 2.23. The number of anilines is 1. The van der Waals surface area contributed by atoms with Crippen molar-refractivity contribution in [1.29, 1.82) is 0 Å².